The number of halogens is 1. The second kappa shape index (κ2) is 9.96. The van der Waals surface area contributed by atoms with Gasteiger partial charge in [-0.3, -0.25) is 4.79 Å². The van der Waals surface area contributed by atoms with Crippen molar-refractivity contribution in [2.75, 3.05) is 0 Å². The molecule has 11 heteroatoms. The second-order valence-electron chi connectivity index (χ2n) is 8.34. The number of aryl methyl sites for hydroxylation is 1. The van der Waals surface area contributed by atoms with Crippen LogP contribution in [0.25, 0.3) is 22.4 Å². The maximum absolute atomic E-state index is 14.6. The maximum Gasteiger partial charge on any atom is 0.286 e. The number of nitrogens with one attached hydrogen (secondary N) is 1. The second-order valence-corrected chi connectivity index (χ2v) is 9.91. The van der Waals surface area contributed by atoms with Gasteiger partial charge in [0.2, 0.25) is 5.78 Å². The molecular formula is C26H23FN4O5S. The fourth-order valence-corrected chi connectivity index (χ4v) is 4.70. The van der Waals surface area contributed by atoms with E-state index < -0.39 is 44.2 Å². The van der Waals surface area contributed by atoms with E-state index >= 15 is 0 Å². The van der Waals surface area contributed by atoms with Gasteiger partial charge in [0.15, 0.2) is 0 Å². The molecule has 0 amide bonds. The first kappa shape index (κ1) is 25.7. The van der Waals surface area contributed by atoms with Crippen LogP contribution < -0.4 is 5.73 Å². The highest BCUT2D eigenvalue weighted by atomic mass is 32.2. The lowest BCUT2D eigenvalue weighted by Gasteiger charge is -2.11. The van der Waals surface area contributed by atoms with Gasteiger partial charge in [-0.1, -0.05) is 35.9 Å². The molecule has 0 aliphatic carbocycles. The molecule has 0 bridgehead atoms. The Hall–Kier alpha value is -4.35. The van der Waals surface area contributed by atoms with Crippen molar-refractivity contribution in [1.29, 1.82) is 0 Å². The normalized spacial score (nSPS) is 13.9. The number of hydrogen-bond acceptors (Lipinski definition) is 6. The molecule has 37 heavy (non-hydrogen) atoms. The Bertz CT molecular complexity index is 1660. The van der Waals surface area contributed by atoms with Crippen molar-refractivity contribution >= 4 is 44.0 Å². The molecule has 0 radical (unpaired) electrons. The molecule has 0 fully saturated rings. The lowest BCUT2D eigenvalue weighted by Crippen LogP contribution is -2.27. The molecule has 4 rings (SSSR count). The summed E-state index contributed by atoms with van der Waals surface area (Å²) in [5.74, 6) is -3.00. The minimum atomic E-state index is -4.71. The van der Waals surface area contributed by atoms with E-state index in [-0.39, 0.29) is 17.0 Å². The number of aromatic amines is 1. The highest BCUT2D eigenvalue weighted by Crippen LogP contribution is 2.30. The zero-order chi connectivity index (χ0) is 26.9. The van der Waals surface area contributed by atoms with E-state index in [0.717, 1.165) is 23.8 Å². The first-order chi connectivity index (χ1) is 17.5. The Labute approximate surface area is 211 Å². The van der Waals surface area contributed by atoms with Gasteiger partial charge in [0.25, 0.3) is 10.0 Å². The number of H-pyrrole nitrogens is 1. The van der Waals surface area contributed by atoms with E-state index in [4.69, 9.17) is 5.73 Å². The van der Waals surface area contributed by atoms with Gasteiger partial charge in [0.05, 0.1) is 11.0 Å². The third-order valence-electron chi connectivity index (χ3n) is 5.51. The summed E-state index contributed by atoms with van der Waals surface area (Å²) in [4.78, 5) is 20.3. The van der Waals surface area contributed by atoms with Crippen LogP contribution in [0.5, 0.6) is 0 Å². The van der Waals surface area contributed by atoms with Gasteiger partial charge in [-0.05, 0) is 50.2 Å². The first-order valence-corrected chi connectivity index (χ1v) is 12.5. The van der Waals surface area contributed by atoms with E-state index in [1.54, 1.807) is 42.5 Å². The molecule has 1 heterocycles. The number of carbonyl (C=O) groups excluding carboxylic acids is 1. The van der Waals surface area contributed by atoms with Gasteiger partial charge in [-0.15, -0.1) is 4.40 Å². The fourth-order valence-electron chi connectivity index (χ4n) is 3.59. The van der Waals surface area contributed by atoms with Gasteiger partial charge in [0.1, 0.15) is 39.8 Å². The summed E-state index contributed by atoms with van der Waals surface area (Å²) in [5.41, 5.74) is 7.23. The number of aliphatic hydroxyl groups excluding tert-OH is 2. The molecule has 1 atom stereocenters. The van der Waals surface area contributed by atoms with Crippen molar-refractivity contribution in [3.05, 3.63) is 95.1 Å². The SMILES string of the molecule is Cc1cccc(/C(O)=C(\C(=O)c2ccc(F)c(S(=O)(=O)/N=C(\N)[C@@H](C)O)c2)c2nc3ccccc3[nH]2)c1. The van der Waals surface area contributed by atoms with E-state index in [0.29, 0.717) is 16.6 Å². The molecule has 0 saturated heterocycles. The van der Waals surface area contributed by atoms with E-state index in [1.807, 2.05) is 13.0 Å². The monoisotopic (exact) mass is 522 g/mol. The molecule has 0 saturated carbocycles. The minimum absolute atomic E-state index is 0.0373. The van der Waals surface area contributed by atoms with Gasteiger partial charge >= 0.3 is 0 Å². The number of ketones is 1. The van der Waals surface area contributed by atoms with Crippen LogP contribution in [0, 0.1) is 12.7 Å². The Kier molecular flexibility index (Phi) is 6.92. The van der Waals surface area contributed by atoms with Crippen LogP contribution in [0.2, 0.25) is 0 Å². The summed E-state index contributed by atoms with van der Waals surface area (Å²) in [6, 6.07) is 16.5. The standard InChI is InChI=1S/C26H23FN4O5S/c1-14-6-5-7-16(12-14)23(33)22(26-29-19-8-3-4-9-20(19)30-26)24(34)17-10-11-18(27)21(13-17)37(35,36)31-25(28)15(2)32/h3-13,15,32-33H,1-2H3,(H2,28,31)(H,29,30)/b23-22-/t15-/m1/s1. The van der Waals surface area contributed by atoms with Crippen molar-refractivity contribution in [2.24, 2.45) is 10.1 Å². The zero-order valence-electron chi connectivity index (χ0n) is 19.8. The Morgan fingerprint density at radius 2 is 1.81 bits per heavy atom. The van der Waals surface area contributed by atoms with Crippen LogP contribution in [0.1, 0.15) is 34.2 Å². The van der Waals surface area contributed by atoms with Crippen LogP contribution in [0.3, 0.4) is 0 Å². The van der Waals surface area contributed by atoms with Gasteiger partial charge in [-0.2, -0.15) is 8.42 Å². The molecular weight excluding hydrogens is 499 g/mol. The lowest BCUT2D eigenvalue weighted by atomic mass is 9.98. The Morgan fingerprint density at radius 1 is 1.08 bits per heavy atom. The average molecular weight is 523 g/mol. The van der Waals surface area contributed by atoms with Crippen LogP contribution in [-0.4, -0.2) is 46.3 Å². The lowest BCUT2D eigenvalue weighted by molar-refractivity contribution is 0.105. The summed E-state index contributed by atoms with van der Waals surface area (Å²) in [6.45, 7) is 3.01. The van der Waals surface area contributed by atoms with Crippen molar-refractivity contribution in [3.63, 3.8) is 0 Å². The number of sulfonamides is 1. The first-order valence-electron chi connectivity index (χ1n) is 11.1. The highest BCUT2D eigenvalue weighted by Gasteiger charge is 2.27. The maximum atomic E-state index is 14.6. The zero-order valence-corrected chi connectivity index (χ0v) is 20.6. The predicted molar refractivity (Wildman–Crippen MR) is 138 cm³/mol. The number of aromatic nitrogens is 2. The molecule has 4 aromatic rings. The molecule has 0 aliphatic heterocycles. The van der Waals surface area contributed by atoms with Crippen LogP contribution >= 0.6 is 0 Å². The number of Topliss-reactive ketones (excluding diaryl/α,β-unsaturated/α-hetero) is 1. The highest BCUT2D eigenvalue weighted by molar-refractivity contribution is 7.90. The van der Waals surface area contributed by atoms with Crippen LogP contribution in [0.4, 0.5) is 4.39 Å². The predicted octanol–water partition coefficient (Wildman–Crippen LogP) is 3.75. The molecule has 3 aromatic carbocycles. The quantitative estimate of drug-likeness (QED) is 0.0946. The number of nitrogens with zero attached hydrogens (tertiary/aromatic N) is 2. The third-order valence-corrected chi connectivity index (χ3v) is 6.83. The molecule has 0 unspecified atom stereocenters. The van der Waals surface area contributed by atoms with Crippen molar-refractivity contribution < 1.29 is 27.8 Å². The van der Waals surface area contributed by atoms with Gasteiger partial charge in [0, 0.05) is 11.1 Å². The Balaban J connectivity index is 1.91. The molecule has 9 nitrogen and oxygen atoms in total. The van der Waals surface area contributed by atoms with Gasteiger partial charge in [-0.25, -0.2) is 9.37 Å². The molecule has 190 valence electrons. The van der Waals surface area contributed by atoms with Crippen LogP contribution in [0.15, 0.2) is 76.0 Å². The number of amidine groups is 1. The summed E-state index contributed by atoms with van der Waals surface area (Å²) in [7, 11) is -4.71. The van der Waals surface area contributed by atoms with Gasteiger partial charge < -0.3 is 20.9 Å². The number of carbonyl (C=O) groups is 1. The summed E-state index contributed by atoms with van der Waals surface area (Å²) < 4.78 is 43.2. The number of aliphatic hydroxyl groups is 2. The number of imidazole rings is 1. The number of nitrogens with two attached hydrogens (primary N) is 1. The summed E-state index contributed by atoms with van der Waals surface area (Å²) in [5, 5.41) is 20.7. The number of rotatable bonds is 7. The van der Waals surface area contributed by atoms with Crippen molar-refractivity contribution in [2.45, 2.75) is 24.8 Å². The smallest absolute Gasteiger partial charge is 0.286 e. The van der Waals surface area contributed by atoms with E-state index in [2.05, 4.69) is 14.4 Å². The number of para-hydroxylation sites is 2. The van der Waals surface area contributed by atoms with E-state index in [9.17, 15) is 27.8 Å². The largest absolute Gasteiger partial charge is 0.506 e. The van der Waals surface area contributed by atoms with Crippen LogP contribution in [-0.2, 0) is 10.0 Å². The molecule has 5 N–H and O–H groups in total. The molecule has 1 aromatic heterocycles. The number of benzene rings is 3. The summed E-state index contributed by atoms with van der Waals surface area (Å²) >= 11 is 0. The average Bonchev–Trinajstić information content (AvgIpc) is 3.27. The fraction of sp³-hybridized carbons (Fsp3) is 0.115. The Morgan fingerprint density at radius 3 is 2.49 bits per heavy atom. The summed E-state index contributed by atoms with van der Waals surface area (Å²) in [6.07, 6.45) is -1.39. The number of hydrogen-bond donors (Lipinski definition) is 4. The molecule has 0 aliphatic rings. The van der Waals surface area contributed by atoms with Crippen molar-refractivity contribution in [3.8, 4) is 0 Å². The van der Waals surface area contributed by atoms with Crippen molar-refractivity contribution in [1.82, 2.24) is 9.97 Å². The number of fused-ring (bicyclic) bond motifs is 1. The third kappa shape index (κ3) is 5.27. The minimum Gasteiger partial charge on any atom is -0.506 e. The molecule has 0 spiro atoms. The van der Waals surface area contributed by atoms with E-state index in [1.165, 1.54) is 6.92 Å². The number of allylic oxidation sites excluding steroid dienone is 1. The topological polar surface area (TPSA) is 159 Å².